The van der Waals surface area contributed by atoms with Gasteiger partial charge in [0.15, 0.2) is 18.1 Å². The van der Waals surface area contributed by atoms with E-state index in [-0.39, 0.29) is 17.8 Å². The van der Waals surface area contributed by atoms with Crippen molar-refractivity contribution in [2.75, 3.05) is 24.8 Å². The van der Waals surface area contributed by atoms with Crippen LogP contribution in [0.25, 0.3) is 5.69 Å². The van der Waals surface area contributed by atoms with Crippen LogP contribution in [0.2, 0.25) is 0 Å². The molecule has 0 radical (unpaired) electrons. The van der Waals surface area contributed by atoms with Gasteiger partial charge in [-0.05, 0) is 48.7 Å². The average molecular weight is 467 g/mol. The molecule has 9 heteroatoms. The van der Waals surface area contributed by atoms with Crippen molar-refractivity contribution in [3.05, 3.63) is 64.8 Å². The molecule has 2 aromatic carbocycles. The number of primary amides is 1. The van der Waals surface area contributed by atoms with Crippen LogP contribution in [0.1, 0.15) is 34.6 Å². The first-order valence-corrected chi connectivity index (χ1v) is 11.7. The van der Waals surface area contributed by atoms with Crippen molar-refractivity contribution in [1.82, 2.24) is 9.78 Å². The van der Waals surface area contributed by atoms with Crippen LogP contribution in [0, 0.1) is 6.92 Å². The van der Waals surface area contributed by atoms with Gasteiger partial charge in [-0.3, -0.25) is 9.59 Å². The monoisotopic (exact) mass is 466 g/mol. The van der Waals surface area contributed by atoms with Crippen LogP contribution in [0.4, 0.5) is 5.82 Å². The molecule has 0 saturated heterocycles. The third-order valence-corrected chi connectivity index (χ3v) is 6.73. The van der Waals surface area contributed by atoms with Gasteiger partial charge in [0, 0.05) is 5.56 Å². The highest BCUT2D eigenvalue weighted by molar-refractivity contribution is 8.00. The largest absolute Gasteiger partial charge is 0.493 e. The summed E-state index contributed by atoms with van der Waals surface area (Å²) in [5, 5.41) is 7.65. The number of carbonyl (C=O) groups is 2. The number of hydrogen-bond donors (Lipinski definition) is 2. The number of methoxy groups -OCH3 is 1. The summed E-state index contributed by atoms with van der Waals surface area (Å²) in [7, 11) is 1.54. The lowest BCUT2D eigenvalue weighted by molar-refractivity contribution is -0.120. The zero-order valence-corrected chi connectivity index (χ0v) is 19.6. The predicted octanol–water partition coefficient (Wildman–Crippen LogP) is 3.39. The Labute approximate surface area is 196 Å². The maximum atomic E-state index is 12.6. The lowest BCUT2D eigenvalue weighted by Crippen LogP contribution is -2.20. The Kier molecular flexibility index (Phi) is 6.60. The number of aromatic nitrogens is 2. The summed E-state index contributed by atoms with van der Waals surface area (Å²) in [4.78, 5) is 23.7. The van der Waals surface area contributed by atoms with Gasteiger partial charge in [-0.2, -0.15) is 5.10 Å². The van der Waals surface area contributed by atoms with E-state index in [1.807, 2.05) is 31.2 Å². The molecule has 172 valence electrons. The first-order valence-electron chi connectivity index (χ1n) is 10.6. The Bertz CT molecular complexity index is 1190. The molecular formula is C24H26N4O4S. The molecule has 0 saturated carbocycles. The minimum Gasteiger partial charge on any atom is -0.493 e. The number of nitrogens with zero attached hydrogens (tertiary/aromatic N) is 2. The van der Waals surface area contributed by atoms with Crippen LogP contribution in [0.3, 0.4) is 0 Å². The van der Waals surface area contributed by atoms with Crippen LogP contribution in [-0.4, -0.2) is 41.1 Å². The molecule has 1 atom stereocenters. The number of aryl methyl sites for hydroxylation is 2. The van der Waals surface area contributed by atoms with E-state index in [2.05, 4.69) is 24.4 Å². The summed E-state index contributed by atoms with van der Waals surface area (Å²) < 4.78 is 12.7. The van der Waals surface area contributed by atoms with Gasteiger partial charge in [0.05, 0.1) is 29.5 Å². The summed E-state index contributed by atoms with van der Waals surface area (Å²) in [6.45, 7) is 3.82. The zero-order chi connectivity index (χ0) is 23.5. The molecule has 3 aromatic rings. The Morgan fingerprint density at radius 2 is 2.00 bits per heavy atom. The van der Waals surface area contributed by atoms with Crippen molar-refractivity contribution in [2.45, 2.75) is 25.5 Å². The predicted molar refractivity (Wildman–Crippen MR) is 128 cm³/mol. The first kappa shape index (κ1) is 22.7. The highest BCUT2D eigenvalue weighted by atomic mass is 32.2. The van der Waals surface area contributed by atoms with Crippen molar-refractivity contribution >= 4 is 29.4 Å². The molecule has 33 heavy (non-hydrogen) atoms. The summed E-state index contributed by atoms with van der Waals surface area (Å²) in [6.07, 6.45) is 0.951. The molecule has 0 spiro atoms. The van der Waals surface area contributed by atoms with Gasteiger partial charge >= 0.3 is 0 Å². The van der Waals surface area contributed by atoms with Crippen LogP contribution < -0.4 is 20.5 Å². The molecule has 1 aliphatic heterocycles. The maximum Gasteiger partial charge on any atom is 0.255 e. The number of benzene rings is 2. The molecule has 2 heterocycles. The number of ether oxygens (including phenoxy) is 2. The lowest BCUT2D eigenvalue weighted by atomic mass is 10.0. The molecule has 8 nitrogen and oxygen atoms in total. The summed E-state index contributed by atoms with van der Waals surface area (Å²) >= 11 is 1.52. The zero-order valence-electron chi connectivity index (χ0n) is 18.8. The summed E-state index contributed by atoms with van der Waals surface area (Å²) in [5.74, 6) is 1.24. The number of carbonyl (C=O) groups excluding carboxylic acids is 2. The Morgan fingerprint density at radius 1 is 1.24 bits per heavy atom. The van der Waals surface area contributed by atoms with Crippen LogP contribution in [0.5, 0.6) is 11.5 Å². The molecule has 3 N–H and O–H groups in total. The van der Waals surface area contributed by atoms with Crippen molar-refractivity contribution in [3.8, 4) is 17.2 Å². The SMILES string of the molecule is CCc1ccc(-n2nc(C)c3c2NC(=O)CS[C@@H]3c2ccc(OCC(N)=O)c(OC)c2)cc1. The number of anilines is 1. The molecule has 0 fully saturated rings. The Hall–Kier alpha value is -3.46. The van der Waals surface area contributed by atoms with Gasteiger partial charge < -0.3 is 20.5 Å². The molecule has 1 aliphatic rings. The number of nitrogens with two attached hydrogens (primary N) is 1. The van der Waals surface area contributed by atoms with E-state index in [4.69, 9.17) is 20.3 Å². The van der Waals surface area contributed by atoms with E-state index < -0.39 is 5.91 Å². The van der Waals surface area contributed by atoms with Gasteiger partial charge in [0.1, 0.15) is 5.82 Å². The summed E-state index contributed by atoms with van der Waals surface area (Å²) in [6, 6.07) is 13.7. The number of hydrogen-bond acceptors (Lipinski definition) is 6. The van der Waals surface area contributed by atoms with Crippen molar-refractivity contribution in [3.63, 3.8) is 0 Å². The van der Waals surface area contributed by atoms with Gasteiger partial charge in [0.25, 0.3) is 5.91 Å². The molecule has 0 aliphatic carbocycles. The molecule has 2 amide bonds. The highest BCUT2D eigenvalue weighted by Gasteiger charge is 2.31. The fraction of sp³-hybridized carbons (Fsp3) is 0.292. The van der Waals surface area contributed by atoms with Gasteiger partial charge in [-0.25, -0.2) is 4.68 Å². The molecular weight excluding hydrogens is 440 g/mol. The second-order valence-electron chi connectivity index (χ2n) is 7.68. The average Bonchev–Trinajstić information content (AvgIpc) is 3.02. The number of nitrogens with one attached hydrogen (secondary N) is 1. The quantitative estimate of drug-likeness (QED) is 0.553. The normalized spacial score (nSPS) is 15.4. The highest BCUT2D eigenvalue weighted by Crippen LogP contribution is 2.45. The lowest BCUT2D eigenvalue weighted by Gasteiger charge is -2.18. The number of rotatable bonds is 7. The van der Waals surface area contributed by atoms with Crippen molar-refractivity contribution < 1.29 is 19.1 Å². The Morgan fingerprint density at radius 3 is 2.67 bits per heavy atom. The smallest absolute Gasteiger partial charge is 0.255 e. The topological polar surface area (TPSA) is 108 Å². The van der Waals surface area contributed by atoms with Crippen LogP contribution in [0.15, 0.2) is 42.5 Å². The standard InChI is InChI=1S/C24H26N4O4S/c1-4-15-5-8-17(9-6-15)28-24-22(14(2)27-28)23(33-13-21(30)26-24)16-7-10-18(19(11-16)31-3)32-12-20(25)29/h5-11,23H,4,12-13H2,1-3H3,(H2,25,29)(H,26,30)/t23-/m1/s1. The van der Waals surface area contributed by atoms with Crippen molar-refractivity contribution in [2.24, 2.45) is 5.73 Å². The van der Waals surface area contributed by atoms with Gasteiger partial charge in [-0.1, -0.05) is 25.1 Å². The second kappa shape index (κ2) is 9.58. The third-order valence-electron chi connectivity index (χ3n) is 5.46. The van der Waals surface area contributed by atoms with Crippen LogP contribution in [-0.2, 0) is 16.0 Å². The fourth-order valence-electron chi connectivity index (χ4n) is 3.82. The third kappa shape index (κ3) is 4.68. The number of amides is 2. The minimum absolute atomic E-state index is 0.0801. The maximum absolute atomic E-state index is 12.6. The molecule has 0 bridgehead atoms. The van der Waals surface area contributed by atoms with Crippen LogP contribution >= 0.6 is 11.8 Å². The van der Waals surface area contributed by atoms with Gasteiger partial charge in [-0.15, -0.1) is 11.8 Å². The van der Waals surface area contributed by atoms with Gasteiger partial charge in [0.2, 0.25) is 5.91 Å². The van der Waals surface area contributed by atoms with E-state index in [9.17, 15) is 9.59 Å². The van der Waals surface area contributed by atoms with E-state index >= 15 is 0 Å². The summed E-state index contributed by atoms with van der Waals surface area (Å²) in [5.41, 5.74) is 10.0. The van der Waals surface area contributed by atoms with Crippen molar-refractivity contribution in [1.29, 1.82) is 0 Å². The molecule has 4 rings (SSSR count). The number of fused-ring (bicyclic) bond motifs is 1. The van der Waals surface area contributed by atoms with E-state index in [0.29, 0.717) is 23.1 Å². The van der Waals surface area contributed by atoms with E-state index in [0.717, 1.165) is 28.9 Å². The van der Waals surface area contributed by atoms with E-state index in [1.54, 1.807) is 10.7 Å². The fourth-order valence-corrected chi connectivity index (χ4v) is 5.00. The number of thioether (sulfide) groups is 1. The first-order chi connectivity index (χ1) is 15.9. The van der Waals surface area contributed by atoms with E-state index in [1.165, 1.54) is 24.4 Å². The Balaban J connectivity index is 1.77. The molecule has 0 unspecified atom stereocenters. The second-order valence-corrected chi connectivity index (χ2v) is 8.78. The minimum atomic E-state index is -0.565. The molecule has 1 aromatic heterocycles.